The number of phenols is 1. The largest absolute Gasteiger partial charge is 0.508 e. The van der Waals surface area contributed by atoms with Crippen LogP contribution < -0.4 is 10.3 Å². The Morgan fingerprint density at radius 3 is 2.58 bits per heavy atom. The zero-order valence-corrected chi connectivity index (χ0v) is 11.2. The minimum atomic E-state index is -0.121. The summed E-state index contributed by atoms with van der Waals surface area (Å²) in [4.78, 5) is 14.0. The molecular weight excluding hydrogens is 246 g/mol. The van der Waals surface area contributed by atoms with E-state index in [-0.39, 0.29) is 17.8 Å². The van der Waals surface area contributed by atoms with E-state index >= 15 is 0 Å². The smallest absolute Gasteiger partial charge is 0.202 e. The Balaban J connectivity index is 2.78. The van der Waals surface area contributed by atoms with Crippen molar-refractivity contribution in [3.8, 4) is 5.75 Å². The van der Waals surface area contributed by atoms with E-state index in [1.165, 1.54) is 6.07 Å². The van der Waals surface area contributed by atoms with Crippen LogP contribution in [0.15, 0.2) is 21.3 Å². The van der Waals surface area contributed by atoms with E-state index in [9.17, 15) is 9.90 Å². The number of phenolic OH excluding ortho intramolecular Hbond substituents is 1. The predicted molar refractivity (Wildman–Crippen MR) is 74.0 cm³/mol. The SMILES string of the molecule is Cc1c(N(C)CCO)oc2c(C)c(O)ccc2c1=O. The Hall–Kier alpha value is -2.01. The molecule has 1 aromatic heterocycles. The van der Waals surface area contributed by atoms with Gasteiger partial charge in [0.05, 0.1) is 17.6 Å². The molecular formula is C14H17NO4. The lowest BCUT2D eigenvalue weighted by Gasteiger charge is -2.19. The summed E-state index contributed by atoms with van der Waals surface area (Å²) in [6, 6.07) is 3.05. The second kappa shape index (κ2) is 4.93. The van der Waals surface area contributed by atoms with Gasteiger partial charge in [0.2, 0.25) is 5.88 Å². The van der Waals surface area contributed by atoms with E-state index < -0.39 is 0 Å². The first-order chi connectivity index (χ1) is 8.97. The molecule has 0 amide bonds. The molecule has 0 radical (unpaired) electrons. The van der Waals surface area contributed by atoms with Crippen LogP contribution in [0, 0.1) is 13.8 Å². The Morgan fingerprint density at radius 1 is 1.26 bits per heavy atom. The third-order valence-electron chi connectivity index (χ3n) is 3.26. The van der Waals surface area contributed by atoms with Gasteiger partial charge in [0, 0.05) is 19.2 Å². The molecule has 1 heterocycles. The normalized spacial score (nSPS) is 10.9. The molecule has 0 saturated carbocycles. The highest BCUT2D eigenvalue weighted by Crippen LogP contribution is 2.29. The summed E-state index contributed by atoms with van der Waals surface area (Å²) >= 11 is 0. The van der Waals surface area contributed by atoms with Gasteiger partial charge in [0.1, 0.15) is 11.3 Å². The van der Waals surface area contributed by atoms with Crippen LogP contribution in [0.1, 0.15) is 11.1 Å². The first-order valence-corrected chi connectivity index (χ1v) is 6.05. The second-order valence-corrected chi connectivity index (χ2v) is 4.59. The van der Waals surface area contributed by atoms with Crippen molar-refractivity contribution in [1.29, 1.82) is 0 Å². The van der Waals surface area contributed by atoms with Crippen LogP contribution in [0.3, 0.4) is 0 Å². The number of aryl methyl sites for hydroxylation is 1. The topological polar surface area (TPSA) is 73.9 Å². The summed E-state index contributed by atoms with van der Waals surface area (Å²) in [7, 11) is 1.74. The van der Waals surface area contributed by atoms with Crippen molar-refractivity contribution < 1.29 is 14.6 Å². The highest BCUT2D eigenvalue weighted by Gasteiger charge is 2.16. The second-order valence-electron chi connectivity index (χ2n) is 4.59. The van der Waals surface area contributed by atoms with Gasteiger partial charge in [-0.2, -0.15) is 0 Å². The number of likely N-dealkylation sites (N-methyl/N-ethyl adjacent to an activating group) is 1. The molecule has 19 heavy (non-hydrogen) atoms. The van der Waals surface area contributed by atoms with E-state index in [4.69, 9.17) is 9.52 Å². The third kappa shape index (κ3) is 2.17. The van der Waals surface area contributed by atoms with Gasteiger partial charge in [-0.3, -0.25) is 4.79 Å². The maximum Gasteiger partial charge on any atom is 0.202 e. The molecule has 102 valence electrons. The van der Waals surface area contributed by atoms with Crippen molar-refractivity contribution in [2.75, 3.05) is 25.1 Å². The molecule has 2 rings (SSSR count). The molecule has 0 aliphatic rings. The fourth-order valence-electron chi connectivity index (χ4n) is 2.08. The zero-order valence-electron chi connectivity index (χ0n) is 11.2. The van der Waals surface area contributed by atoms with Crippen LogP contribution in [-0.4, -0.2) is 30.4 Å². The monoisotopic (exact) mass is 263 g/mol. The molecule has 2 aromatic rings. The Bertz CT molecular complexity index is 675. The lowest BCUT2D eigenvalue weighted by Crippen LogP contribution is -2.24. The van der Waals surface area contributed by atoms with Crippen LogP contribution in [0.2, 0.25) is 0 Å². The number of aromatic hydroxyl groups is 1. The van der Waals surface area contributed by atoms with Crippen molar-refractivity contribution in [3.63, 3.8) is 0 Å². The average Bonchev–Trinajstić information content (AvgIpc) is 2.38. The lowest BCUT2D eigenvalue weighted by molar-refractivity contribution is 0.302. The van der Waals surface area contributed by atoms with Crippen molar-refractivity contribution in [2.24, 2.45) is 0 Å². The first kappa shape index (κ1) is 13.4. The minimum absolute atomic E-state index is 0.0310. The predicted octanol–water partition coefficient (Wildman–Crippen LogP) is 1.54. The minimum Gasteiger partial charge on any atom is -0.508 e. The quantitative estimate of drug-likeness (QED) is 0.878. The molecule has 0 atom stereocenters. The number of hydrogen-bond donors (Lipinski definition) is 2. The standard InChI is InChI=1S/C14H17NO4/c1-8-11(17)5-4-10-12(18)9(2)14(19-13(8)10)15(3)6-7-16/h4-5,16-17H,6-7H2,1-3H3. The van der Waals surface area contributed by atoms with Crippen molar-refractivity contribution >= 4 is 16.9 Å². The molecule has 5 heteroatoms. The highest BCUT2D eigenvalue weighted by atomic mass is 16.4. The Labute approximate surface area is 110 Å². The van der Waals surface area contributed by atoms with E-state index in [0.717, 1.165) is 0 Å². The summed E-state index contributed by atoms with van der Waals surface area (Å²) < 4.78 is 5.75. The number of aliphatic hydroxyl groups is 1. The average molecular weight is 263 g/mol. The highest BCUT2D eigenvalue weighted by molar-refractivity contribution is 5.83. The molecule has 1 aromatic carbocycles. The molecule has 5 nitrogen and oxygen atoms in total. The molecule has 0 saturated heterocycles. The van der Waals surface area contributed by atoms with Gasteiger partial charge in [0.15, 0.2) is 5.43 Å². The van der Waals surface area contributed by atoms with Gasteiger partial charge in [-0.15, -0.1) is 0 Å². The molecule has 0 bridgehead atoms. The molecule has 2 N–H and O–H groups in total. The van der Waals surface area contributed by atoms with Crippen LogP contribution in [0.25, 0.3) is 11.0 Å². The zero-order chi connectivity index (χ0) is 14.2. The molecule has 0 aliphatic heterocycles. The number of fused-ring (bicyclic) bond motifs is 1. The molecule has 0 aliphatic carbocycles. The summed E-state index contributed by atoms with van der Waals surface area (Å²) in [5.41, 5.74) is 1.29. The van der Waals surface area contributed by atoms with Crippen molar-refractivity contribution in [1.82, 2.24) is 0 Å². The summed E-state index contributed by atoms with van der Waals surface area (Å²) in [5.74, 6) is 0.510. The summed E-state index contributed by atoms with van der Waals surface area (Å²) in [6.07, 6.45) is 0. The third-order valence-corrected chi connectivity index (χ3v) is 3.26. The van der Waals surface area contributed by atoms with Crippen LogP contribution >= 0.6 is 0 Å². The van der Waals surface area contributed by atoms with Crippen LogP contribution in [0.5, 0.6) is 5.75 Å². The van der Waals surface area contributed by atoms with Gasteiger partial charge in [-0.1, -0.05) is 0 Å². The van der Waals surface area contributed by atoms with Gasteiger partial charge in [-0.05, 0) is 26.0 Å². The number of anilines is 1. The van der Waals surface area contributed by atoms with Gasteiger partial charge < -0.3 is 19.5 Å². The Morgan fingerprint density at radius 2 is 1.95 bits per heavy atom. The molecule has 0 fully saturated rings. The fraction of sp³-hybridized carbons (Fsp3) is 0.357. The lowest BCUT2D eigenvalue weighted by atomic mass is 10.1. The number of rotatable bonds is 3. The van der Waals surface area contributed by atoms with E-state index in [0.29, 0.717) is 34.5 Å². The number of aliphatic hydroxyl groups excluding tert-OH is 1. The first-order valence-electron chi connectivity index (χ1n) is 6.05. The summed E-state index contributed by atoms with van der Waals surface area (Å²) in [6.45, 7) is 3.73. The maximum absolute atomic E-state index is 12.3. The van der Waals surface area contributed by atoms with Crippen molar-refractivity contribution in [3.05, 3.63) is 33.5 Å². The van der Waals surface area contributed by atoms with E-state index in [1.807, 2.05) is 0 Å². The van der Waals surface area contributed by atoms with Gasteiger partial charge in [0.25, 0.3) is 0 Å². The molecule has 0 unspecified atom stereocenters. The van der Waals surface area contributed by atoms with E-state index in [2.05, 4.69) is 0 Å². The van der Waals surface area contributed by atoms with Gasteiger partial charge in [-0.25, -0.2) is 0 Å². The van der Waals surface area contributed by atoms with E-state index in [1.54, 1.807) is 31.9 Å². The number of nitrogens with zero attached hydrogens (tertiary/aromatic N) is 1. The summed E-state index contributed by atoms with van der Waals surface area (Å²) in [5, 5.41) is 19.1. The number of benzene rings is 1. The maximum atomic E-state index is 12.3. The fourth-order valence-corrected chi connectivity index (χ4v) is 2.08. The number of hydrogen-bond acceptors (Lipinski definition) is 5. The van der Waals surface area contributed by atoms with Crippen molar-refractivity contribution in [2.45, 2.75) is 13.8 Å². The molecule has 0 spiro atoms. The Kier molecular flexibility index (Phi) is 3.48. The van der Waals surface area contributed by atoms with Crippen LogP contribution in [0.4, 0.5) is 5.88 Å². The van der Waals surface area contributed by atoms with Crippen LogP contribution in [-0.2, 0) is 0 Å². The van der Waals surface area contributed by atoms with Gasteiger partial charge >= 0.3 is 0 Å².